The molecule has 2 nitrogen and oxygen atoms in total. The number of ether oxygens (including phenoxy) is 2. The van der Waals surface area contributed by atoms with Crippen molar-refractivity contribution in [3.63, 3.8) is 0 Å². The van der Waals surface area contributed by atoms with Crippen LogP contribution >= 0.6 is 0 Å². The molecule has 0 amide bonds. The van der Waals surface area contributed by atoms with Gasteiger partial charge in [-0.1, -0.05) is 13.8 Å². The normalized spacial score (nSPS) is 12.5. The van der Waals surface area contributed by atoms with Crippen LogP contribution in [0, 0.1) is 5.41 Å². The zero-order valence-corrected chi connectivity index (χ0v) is 9.02. The van der Waals surface area contributed by atoms with Crippen LogP contribution in [0.15, 0.2) is 0 Å². The molecular weight excluding hydrogens is 152 g/mol. The lowest BCUT2D eigenvalue weighted by Gasteiger charge is -2.23. The SMILES string of the molecule is COCC(C)(C)CCOC(C)C. The molecule has 0 aromatic rings. The summed E-state index contributed by atoms with van der Waals surface area (Å²) in [5.74, 6) is 0. The van der Waals surface area contributed by atoms with Crippen LogP contribution < -0.4 is 0 Å². The second-order valence-corrected chi connectivity index (χ2v) is 4.27. The second kappa shape index (κ2) is 5.55. The van der Waals surface area contributed by atoms with E-state index in [2.05, 4.69) is 27.7 Å². The lowest BCUT2D eigenvalue weighted by Crippen LogP contribution is -2.21. The quantitative estimate of drug-likeness (QED) is 0.616. The molecule has 0 aromatic carbocycles. The summed E-state index contributed by atoms with van der Waals surface area (Å²) in [5, 5.41) is 0. The highest BCUT2D eigenvalue weighted by molar-refractivity contribution is 4.66. The molecule has 0 saturated carbocycles. The van der Waals surface area contributed by atoms with Gasteiger partial charge in [0.1, 0.15) is 0 Å². The lowest BCUT2D eigenvalue weighted by atomic mass is 9.91. The van der Waals surface area contributed by atoms with Gasteiger partial charge < -0.3 is 9.47 Å². The maximum atomic E-state index is 5.47. The minimum atomic E-state index is 0.240. The van der Waals surface area contributed by atoms with Gasteiger partial charge in [-0.2, -0.15) is 0 Å². The molecule has 0 fully saturated rings. The van der Waals surface area contributed by atoms with Crippen LogP contribution in [0.1, 0.15) is 34.1 Å². The van der Waals surface area contributed by atoms with Gasteiger partial charge in [0.15, 0.2) is 0 Å². The first-order valence-electron chi connectivity index (χ1n) is 4.58. The highest BCUT2D eigenvalue weighted by atomic mass is 16.5. The summed E-state index contributed by atoms with van der Waals surface area (Å²) in [7, 11) is 1.74. The lowest BCUT2D eigenvalue weighted by molar-refractivity contribution is 0.0323. The van der Waals surface area contributed by atoms with Gasteiger partial charge in [-0.15, -0.1) is 0 Å². The minimum absolute atomic E-state index is 0.240. The predicted molar refractivity (Wildman–Crippen MR) is 51.4 cm³/mol. The van der Waals surface area contributed by atoms with E-state index in [0.717, 1.165) is 19.6 Å². The summed E-state index contributed by atoms with van der Waals surface area (Å²) in [6.45, 7) is 10.1. The van der Waals surface area contributed by atoms with E-state index in [4.69, 9.17) is 9.47 Å². The first-order valence-corrected chi connectivity index (χ1v) is 4.58. The maximum absolute atomic E-state index is 5.47. The molecule has 0 heterocycles. The Morgan fingerprint density at radius 3 is 2.25 bits per heavy atom. The Labute approximate surface area is 76.3 Å². The molecule has 0 rings (SSSR count). The molecule has 0 aliphatic carbocycles. The Morgan fingerprint density at radius 1 is 1.25 bits per heavy atom. The molecule has 0 unspecified atom stereocenters. The fraction of sp³-hybridized carbons (Fsp3) is 1.00. The third kappa shape index (κ3) is 6.62. The van der Waals surface area contributed by atoms with Gasteiger partial charge in [-0.25, -0.2) is 0 Å². The average molecular weight is 174 g/mol. The molecular formula is C10H22O2. The smallest absolute Gasteiger partial charge is 0.0518 e. The van der Waals surface area contributed by atoms with Gasteiger partial charge >= 0.3 is 0 Å². The third-order valence-electron chi connectivity index (χ3n) is 1.77. The first-order chi connectivity index (χ1) is 5.48. The van der Waals surface area contributed by atoms with Crippen molar-refractivity contribution in [2.75, 3.05) is 20.3 Å². The number of methoxy groups -OCH3 is 1. The zero-order chi connectivity index (χ0) is 9.61. The molecule has 0 radical (unpaired) electrons. The molecule has 2 heteroatoms. The summed E-state index contributed by atoms with van der Waals surface area (Å²) in [4.78, 5) is 0. The van der Waals surface area contributed by atoms with E-state index in [9.17, 15) is 0 Å². The fourth-order valence-corrected chi connectivity index (χ4v) is 1.03. The molecule has 0 saturated heterocycles. The van der Waals surface area contributed by atoms with Gasteiger partial charge in [0.25, 0.3) is 0 Å². The Hall–Kier alpha value is -0.0800. The Kier molecular flexibility index (Phi) is 5.51. The summed E-state index contributed by atoms with van der Waals surface area (Å²) in [6, 6.07) is 0. The topological polar surface area (TPSA) is 18.5 Å². The largest absolute Gasteiger partial charge is 0.384 e. The third-order valence-corrected chi connectivity index (χ3v) is 1.77. The molecule has 0 aliphatic rings. The van der Waals surface area contributed by atoms with Crippen LogP contribution in [0.4, 0.5) is 0 Å². The number of rotatable bonds is 6. The first kappa shape index (κ1) is 11.9. The van der Waals surface area contributed by atoms with Gasteiger partial charge in [0.05, 0.1) is 12.7 Å². The zero-order valence-electron chi connectivity index (χ0n) is 9.02. The molecule has 12 heavy (non-hydrogen) atoms. The van der Waals surface area contributed by atoms with E-state index < -0.39 is 0 Å². The van der Waals surface area contributed by atoms with Crippen LogP contribution in [0.25, 0.3) is 0 Å². The minimum Gasteiger partial charge on any atom is -0.384 e. The average Bonchev–Trinajstić information content (AvgIpc) is 1.85. The monoisotopic (exact) mass is 174 g/mol. The van der Waals surface area contributed by atoms with Crippen molar-refractivity contribution in [2.24, 2.45) is 5.41 Å². The van der Waals surface area contributed by atoms with Gasteiger partial charge in [0.2, 0.25) is 0 Å². The van der Waals surface area contributed by atoms with E-state index >= 15 is 0 Å². The number of hydrogen-bond acceptors (Lipinski definition) is 2. The highest BCUT2D eigenvalue weighted by Gasteiger charge is 2.17. The van der Waals surface area contributed by atoms with Crippen molar-refractivity contribution in [1.82, 2.24) is 0 Å². The van der Waals surface area contributed by atoms with Crippen LogP contribution in [0.3, 0.4) is 0 Å². The van der Waals surface area contributed by atoms with Crippen molar-refractivity contribution in [1.29, 1.82) is 0 Å². The van der Waals surface area contributed by atoms with Crippen molar-refractivity contribution < 1.29 is 9.47 Å². The Balaban J connectivity index is 3.46. The van der Waals surface area contributed by atoms with Crippen molar-refractivity contribution in [2.45, 2.75) is 40.2 Å². The summed E-state index contributed by atoms with van der Waals surface area (Å²) in [5.41, 5.74) is 0.240. The second-order valence-electron chi connectivity index (χ2n) is 4.27. The molecule has 0 bridgehead atoms. The van der Waals surface area contributed by atoms with Crippen molar-refractivity contribution in [3.8, 4) is 0 Å². The Bertz CT molecular complexity index is 108. The van der Waals surface area contributed by atoms with Crippen molar-refractivity contribution >= 4 is 0 Å². The predicted octanol–water partition coefficient (Wildman–Crippen LogP) is 2.47. The molecule has 0 spiro atoms. The standard InChI is InChI=1S/C10H22O2/c1-9(2)12-7-6-10(3,4)8-11-5/h9H,6-8H2,1-5H3. The van der Waals surface area contributed by atoms with E-state index in [1.807, 2.05) is 0 Å². The fourth-order valence-electron chi connectivity index (χ4n) is 1.03. The summed E-state index contributed by atoms with van der Waals surface area (Å²) in [6.07, 6.45) is 1.39. The molecule has 0 N–H and O–H groups in total. The molecule has 0 atom stereocenters. The van der Waals surface area contributed by atoms with Crippen LogP contribution in [-0.2, 0) is 9.47 Å². The van der Waals surface area contributed by atoms with Crippen molar-refractivity contribution in [3.05, 3.63) is 0 Å². The van der Waals surface area contributed by atoms with Crippen LogP contribution in [0.5, 0.6) is 0 Å². The van der Waals surface area contributed by atoms with Gasteiger partial charge in [0, 0.05) is 13.7 Å². The van der Waals surface area contributed by atoms with E-state index in [1.165, 1.54) is 0 Å². The van der Waals surface area contributed by atoms with Crippen LogP contribution in [0.2, 0.25) is 0 Å². The molecule has 0 aromatic heterocycles. The Morgan fingerprint density at radius 2 is 1.83 bits per heavy atom. The van der Waals surface area contributed by atoms with E-state index in [-0.39, 0.29) is 5.41 Å². The van der Waals surface area contributed by atoms with E-state index in [0.29, 0.717) is 6.10 Å². The summed E-state index contributed by atoms with van der Waals surface area (Å²) >= 11 is 0. The van der Waals surface area contributed by atoms with E-state index in [1.54, 1.807) is 7.11 Å². The molecule has 74 valence electrons. The van der Waals surface area contributed by atoms with Crippen LogP contribution in [-0.4, -0.2) is 26.4 Å². The maximum Gasteiger partial charge on any atom is 0.0518 e. The highest BCUT2D eigenvalue weighted by Crippen LogP contribution is 2.20. The number of hydrogen-bond donors (Lipinski definition) is 0. The molecule has 0 aliphatic heterocycles. The van der Waals surface area contributed by atoms with Gasteiger partial charge in [-0.3, -0.25) is 0 Å². The summed E-state index contributed by atoms with van der Waals surface area (Å²) < 4.78 is 10.6. The van der Waals surface area contributed by atoms with Gasteiger partial charge in [-0.05, 0) is 25.7 Å².